The molecule has 0 N–H and O–H groups in total. The van der Waals surface area contributed by atoms with Crippen molar-refractivity contribution in [2.45, 2.75) is 12.5 Å². The number of hydrogen-bond acceptors (Lipinski definition) is 5. The van der Waals surface area contributed by atoms with Crippen molar-refractivity contribution >= 4 is 23.5 Å². The van der Waals surface area contributed by atoms with Gasteiger partial charge in [-0.25, -0.2) is 26.3 Å². The van der Waals surface area contributed by atoms with E-state index in [0.29, 0.717) is 6.07 Å². The Morgan fingerprint density at radius 1 is 1.00 bits per heavy atom. The van der Waals surface area contributed by atoms with Crippen molar-refractivity contribution in [3.8, 4) is 16.9 Å². The van der Waals surface area contributed by atoms with Crippen molar-refractivity contribution < 1.29 is 59.0 Å². The predicted molar refractivity (Wildman–Crippen MR) is 104 cm³/mol. The summed E-state index contributed by atoms with van der Waals surface area (Å²) in [4.78, 5) is 37.0. The van der Waals surface area contributed by atoms with Crippen LogP contribution in [0.25, 0.3) is 11.1 Å². The van der Waals surface area contributed by atoms with Gasteiger partial charge in [-0.1, -0.05) is 0 Å². The van der Waals surface area contributed by atoms with E-state index in [-0.39, 0.29) is 23.9 Å². The minimum absolute atomic E-state index is 0.0881. The maximum Gasteiger partial charge on any atom is 0.482 e. The van der Waals surface area contributed by atoms with E-state index in [1.54, 1.807) is 0 Å². The zero-order valence-corrected chi connectivity index (χ0v) is 18.2. The number of carbonyl (C=O) groups excluding carboxylic acids is 3. The molecule has 2 aromatic rings. The fraction of sp³-hybridized carbons (Fsp3) is 0.286. The number of alkyl halides is 2. The molecule has 194 valence electrons. The number of carbonyl (C=O) groups is 3. The predicted octanol–water partition coefficient (Wildman–Crippen LogP) is 3.53. The van der Waals surface area contributed by atoms with E-state index in [4.69, 9.17) is 0 Å². The maximum absolute atomic E-state index is 14.6. The molecule has 0 saturated carbocycles. The Bertz CT molecular complexity index is 1240. The van der Waals surface area contributed by atoms with Gasteiger partial charge in [0.25, 0.3) is 0 Å². The summed E-state index contributed by atoms with van der Waals surface area (Å²) in [5, 5.41) is 0. The van der Waals surface area contributed by atoms with E-state index in [2.05, 4.69) is 9.47 Å². The Hall–Kier alpha value is -3.91. The average molecular weight is 526 g/mol. The van der Waals surface area contributed by atoms with E-state index in [0.717, 1.165) is 19.1 Å². The molecule has 1 aliphatic heterocycles. The lowest BCUT2D eigenvalue weighted by atomic mass is 10.0. The number of nitrogens with zero attached hydrogens (tertiary/aromatic N) is 2. The van der Waals surface area contributed by atoms with Crippen LogP contribution in [0, 0.1) is 34.9 Å². The third-order valence-corrected chi connectivity index (χ3v) is 5.15. The molecular formula is C21H14F8N2O5. The van der Waals surface area contributed by atoms with Crippen LogP contribution >= 0.6 is 0 Å². The Morgan fingerprint density at radius 2 is 1.56 bits per heavy atom. The highest BCUT2D eigenvalue weighted by molar-refractivity contribution is 6.05. The lowest BCUT2D eigenvalue weighted by molar-refractivity contribution is -0.193. The van der Waals surface area contributed by atoms with Gasteiger partial charge in [0, 0.05) is 25.2 Å². The van der Waals surface area contributed by atoms with Crippen molar-refractivity contribution in [1.82, 2.24) is 4.90 Å². The molecule has 1 heterocycles. The summed E-state index contributed by atoms with van der Waals surface area (Å²) < 4.78 is 121. The highest BCUT2D eigenvalue weighted by Crippen LogP contribution is 2.44. The van der Waals surface area contributed by atoms with E-state index < -0.39 is 87.9 Å². The van der Waals surface area contributed by atoms with Crippen molar-refractivity contribution in [2.24, 2.45) is 0 Å². The standard InChI is InChI=1S/C21H14F8N2O5/c1-30(4-3-13(33)35-2)12(32)7-31-10-5-8(9(22)6-11(10)36-21(28,29)20(31)34)14-15(23)17(25)19(27)18(26)16(14)24/h5-6H,3-4,7H2,1-2H3. The molecule has 0 aromatic heterocycles. The number of rotatable bonds is 6. The molecule has 2 aromatic carbocycles. The van der Waals surface area contributed by atoms with Gasteiger partial charge in [0.05, 0.1) is 24.8 Å². The van der Waals surface area contributed by atoms with Gasteiger partial charge in [0.15, 0.2) is 29.0 Å². The number of halogens is 8. The van der Waals surface area contributed by atoms with Gasteiger partial charge in [-0.15, -0.1) is 0 Å². The highest BCUT2D eigenvalue weighted by atomic mass is 19.3. The van der Waals surface area contributed by atoms with Crippen molar-refractivity contribution in [3.05, 3.63) is 47.0 Å². The first-order valence-corrected chi connectivity index (χ1v) is 9.76. The number of benzene rings is 2. The first-order chi connectivity index (χ1) is 16.7. The van der Waals surface area contributed by atoms with Crippen molar-refractivity contribution in [3.63, 3.8) is 0 Å². The van der Waals surface area contributed by atoms with Gasteiger partial charge in [-0.05, 0) is 6.07 Å². The number of hydrogen-bond donors (Lipinski definition) is 0. The summed E-state index contributed by atoms with van der Waals surface area (Å²) in [6.45, 7) is -1.41. The van der Waals surface area contributed by atoms with Crippen molar-refractivity contribution in [1.29, 1.82) is 0 Å². The number of ether oxygens (including phenoxy) is 2. The Morgan fingerprint density at radius 3 is 2.11 bits per heavy atom. The number of esters is 1. The molecule has 2 amide bonds. The fourth-order valence-electron chi connectivity index (χ4n) is 3.22. The second-order valence-electron chi connectivity index (χ2n) is 7.40. The lowest BCUT2D eigenvalue weighted by Gasteiger charge is -2.34. The molecule has 0 bridgehead atoms. The van der Waals surface area contributed by atoms with Crippen LogP contribution in [0.1, 0.15) is 6.42 Å². The van der Waals surface area contributed by atoms with Crippen LogP contribution in [-0.4, -0.2) is 56.0 Å². The molecule has 0 atom stereocenters. The quantitative estimate of drug-likeness (QED) is 0.249. The Kier molecular flexibility index (Phi) is 7.13. The van der Waals surface area contributed by atoms with Crippen LogP contribution < -0.4 is 9.64 Å². The van der Waals surface area contributed by atoms with Gasteiger partial charge < -0.3 is 14.4 Å². The average Bonchev–Trinajstić information content (AvgIpc) is 2.83. The smallest absolute Gasteiger partial charge is 0.469 e. The molecule has 0 fully saturated rings. The fourth-order valence-corrected chi connectivity index (χ4v) is 3.22. The first kappa shape index (κ1) is 26.7. The second-order valence-corrected chi connectivity index (χ2v) is 7.40. The Balaban J connectivity index is 2.10. The van der Waals surface area contributed by atoms with Crippen LogP contribution in [0.15, 0.2) is 12.1 Å². The first-order valence-electron chi connectivity index (χ1n) is 9.76. The number of fused-ring (bicyclic) bond motifs is 1. The molecule has 36 heavy (non-hydrogen) atoms. The summed E-state index contributed by atoms with van der Waals surface area (Å²) in [6, 6.07) is 0.472. The monoisotopic (exact) mass is 526 g/mol. The molecule has 0 radical (unpaired) electrons. The van der Waals surface area contributed by atoms with E-state index >= 15 is 0 Å². The number of methoxy groups -OCH3 is 1. The summed E-state index contributed by atoms with van der Waals surface area (Å²) in [5.41, 5.74) is -3.85. The summed E-state index contributed by atoms with van der Waals surface area (Å²) in [6.07, 6.45) is -4.89. The van der Waals surface area contributed by atoms with Gasteiger partial charge in [0.2, 0.25) is 11.7 Å². The van der Waals surface area contributed by atoms with Gasteiger partial charge in [0.1, 0.15) is 12.4 Å². The van der Waals surface area contributed by atoms with Crippen molar-refractivity contribution in [2.75, 3.05) is 32.1 Å². The van der Waals surface area contributed by atoms with Crippen LogP contribution in [0.2, 0.25) is 0 Å². The summed E-state index contributed by atoms with van der Waals surface area (Å²) in [5.74, 6) is -18.8. The summed E-state index contributed by atoms with van der Waals surface area (Å²) >= 11 is 0. The Labute approximate surface area is 196 Å². The van der Waals surface area contributed by atoms with Gasteiger partial charge in [-0.3, -0.25) is 19.3 Å². The minimum atomic E-state index is -4.60. The number of likely N-dealkylation sites (N-methyl/N-ethyl adjacent to an activating group) is 1. The normalized spacial score (nSPS) is 14.3. The molecule has 0 saturated heterocycles. The van der Waals surface area contributed by atoms with E-state index in [1.807, 2.05) is 0 Å². The van der Waals surface area contributed by atoms with Crippen LogP contribution in [-0.2, 0) is 19.1 Å². The van der Waals surface area contributed by atoms with Gasteiger partial charge in [-0.2, -0.15) is 8.78 Å². The SMILES string of the molecule is COC(=O)CCN(C)C(=O)CN1C(=O)C(F)(F)Oc2cc(F)c(-c3c(F)c(F)c(F)c(F)c3F)cc21. The molecule has 3 rings (SSSR count). The molecule has 1 aliphatic rings. The molecular weight excluding hydrogens is 512 g/mol. The number of anilines is 1. The minimum Gasteiger partial charge on any atom is -0.469 e. The maximum atomic E-state index is 14.6. The van der Waals surface area contributed by atoms with E-state index in [9.17, 15) is 49.5 Å². The zero-order chi connectivity index (χ0) is 27.1. The second kappa shape index (κ2) is 9.62. The third-order valence-electron chi connectivity index (χ3n) is 5.15. The molecule has 0 unspecified atom stereocenters. The van der Waals surface area contributed by atoms with E-state index in [1.165, 1.54) is 0 Å². The largest absolute Gasteiger partial charge is 0.482 e. The third kappa shape index (κ3) is 4.64. The highest BCUT2D eigenvalue weighted by Gasteiger charge is 2.51. The molecule has 7 nitrogen and oxygen atoms in total. The van der Waals surface area contributed by atoms with Crippen LogP contribution in [0.3, 0.4) is 0 Å². The molecule has 0 aliphatic carbocycles. The van der Waals surface area contributed by atoms with Gasteiger partial charge >= 0.3 is 18.0 Å². The molecule has 15 heteroatoms. The molecule has 0 spiro atoms. The van der Waals surface area contributed by atoms with Crippen LogP contribution in [0.4, 0.5) is 40.8 Å². The number of amides is 2. The summed E-state index contributed by atoms with van der Waals surface area (Å²) in [7, 11) is 2.23. The lowest BCUT2D eigenvalue weighted by Crippen LogP contribution is -2.53. The zero-order valence-electron chi connectivity index (χ0n) is 18.2. The topological polar surface area (TPSA) is 76.2 Å². The van der Waals surface area contributed by atoms with Crippen LogP contribution in [0.5, 0.6) is 5.75 Å².